The maximum Gasteiger partial charge on any atom is 0.371 e. The van der Waals surface area contributed by atoms with E-state index in [1.165, 1.54) is 0 Å². The zero-order valence-electron chi connectivity index (χ0n) is 10.7. The van der Waals surface area contributed by atoms with Gasteiger partial charge in [0, 0.05) is 6.42 Å². The van der Waals surface area contributed by atoms with E-state index in [4.69, 9.17) is 15.4 Å². The van der Waals surface area contributed by atoms with Crippen molar-refractivity contribution in [1.82, 2.24) is 0 Å². The smallest absolute Gasteiger partial charge is 0.371 e. The Labute approximate surface area is 111 Å². The molecular weight excluding hydrogens is 250 g/mol. The molecule has 1 aromatic rings. The summed E-state index contributed by atoms with van der Waals surface area (Å²) in [5.74, 6) is -0.726. The van der Waals surface area contributed by atoms with Crippen LogP contribution in [0.1, 0.15) is 19.8 Å². The number of ether oxygens (including phenoxy) is 1. The molecule has 19 heavy (non-hydrogen) atoms. The Kier molecular flexibility index (Phi) is 6.38. The standard InChI is InChI=1S/C13H17NO5/c1-2-17-12(15)9-8-11(14)13(16)19-18-10-6-4-3-5-7-10/h3-7,11H,2,8-9,14H2,1H3. The lowest BCUT2D eigenvalue weighted by Gasteiger charge is -2.09. The molecule has 1 rings (SSSR count). The highest BCUT2D eigenvalue weighted by molar-refractivity contribution is 5.76. The second-order valence-electron chi connectivity index (χ2n) is 3.75. The van der Waals surface area contributed by atoms with Gasteiger partial charge in [-0.05, 0) is 25.5 Å². The average molecular weight is 267 g/mol. The molecule has 0 aliphatic heterocycles. The molecule has 0 heterocycles. The van der Waals surface area contributed by atoms with Crippen molar-refractivity contribution in [1.29, 1.82) is 0 Å². The monoisotopic (exact) mass is 267 g/mol. The van der Waals surface area contributed by atoms with Crippen LogP contribution in [0.2, 0.25) is 0 Å². The molecule has 0 fully saturated rings. The number of hydrogen-bond donors (Lipinski definition) is 1. The lowest BCUT2D eigenvalue weighted by atomic mass is 10.2. The summed E-state index contributed by atoms with van der Waals surface area (Å²) < 4.78 is 4.72. The van der Waals surface area contributed by atoms with Crippen molar-refractivity contribution >= 4 is 11.9 Å². The van der Waals surface area contributed by atoms with E-state index in [-0.39, 0.29) is 12.8 Å². The summed E-state index contributed by atoms with van der Waals surface area (Å²) in [5.41, 5.74) is 5.56. The molecule has 0 aromatic heterocycles. The summed E-state index contributed by atoms with van der Waals surface area (Å²) in [6, 6.07) is 7.63. The minimum Gasteiger partial charge on any atom is -0.466 e. The highest BCUT2D eigenvalue weighted by Crippen LogP contribution is 2.09. The van der Waals surface area contributed by atoms with Gasteiger partial charge >= 0.3 is 11.9 Å². The molecule has 0 radical (unpaired) electrons. The van der Waals surface area contributed by atoms with E-state index >= 15 is 0 Å². The zero-order valence-corrected chi connectivity index (χ0v) is 10.7. The minimum atomic E-state index is -0.923. The van der Waals surface area contributed by atoms with Gasteiger partial charge in [-0.25, -0.2) is 9.68 Å². The fraction of sp³-hybridized carbons (Fsp3) is 0.385. The first-order chi connectivity index (χ1) is 9.13. The SMILES string of the molecule is CCOC(=O)CCC(N)C(=O)OOc1ccccc1. The predicted molar refractivity (Wildman–Crippen MR) is 67.0 cm³/mol. The topological polar surface area (TPSA) is 87.9 Å². The Morgan fingerprint density at radius 1 is 1.26 bits per heavy atom. The molecule has 6 heteroatoms. The lowest BCUT2D eigenvalue weighted by molar-refractivity contribution is -0.215. The molecule has 0 aliphatic carbocycles. The molecule has 1 unspecified atom stereocenters. The third-order valence-electron chi connectivity index (χ3n) is 2.23. The van der Waals surface area contributed by atoms with E-state index in [9.17, 15) is 9.59 Å². The van der Waals surface area contributed by atoms with Crippen molar-refractivity contribution in [3.05, 3.63) is 30.3 Å². The Morgan fingerprint density at radius 3 is 2.58 bits per heavy atom. The molecule has 1 aromatic carbocycles. The van der Waals surface area contributed by atoms with Crippen LogP contribution >= 0.6 is 0 Å². The molecule has 0 spiro atoms. The van der Waals surface area contributed by atoms with Crippen molar-refractivity contribution in [2.24, 2.45) is 5.73 Å². The fourth-order valence-corrected chi connectivity index (χ4v) is 1.25. The molecule has 6 nitrogen and oxygen atoms in total. The number of esters is 1. The number of nitrogens with two attached hydrogens (primary N) is 1. The number of hydrogen-bond acceptors (Lipinski definition) is 6. The van der Waals surface area contributed by atoms with Gasteiger partial charge in [0.1, 0.15) is 6.04 Å². The normalized spacial score (nSPS) is 11.5. The van der Waals surface area contributed by atoms with Crippen LogP contribution in [0.5, 0.6) is 5.75 Å². The Hall–Kier alpha value is -2.08. The summed E-state index contributed by atoms with van der Waals surface area (Å²) in [6.45, 7) is 2.01. The minimum absolute atomic E-state index is 0.0649. The number of carbonyl (C=O) groups excluding carboxylic acids is 2. The first-order valence-corrected chi connectivity index (χ1v) is 5.98. The highest BCUT2D eigenvalue weighted by Gasteiger charge is 2.18. The van der Waals surface area contributed by atoms with Gasteiger partial charge in [0.05, 0.1) is 6.61 Å². The van der Waals surface area contributed by atoms with E-state index in [1.54, 1.807) is 37.3 Å². The number of para-hydroxylation sites is 1. The van der Waals surface area contributed by atoms with Crippen molar-refractivity contribution in [2.45, 2.75) is 25.8 Å². The van der Waals surface area contributed by atoms with Gasteiger partial charge in [-0.15, -0.1) is 0 Å². The van der Waals surface area contributed by atoms with Gasteiger partial charge in [-0.2, -0.15) is 0 Å². The number of benzene rings is 1. The highest BCUT2D eigenvalue weighted by atomic mass is 17.2. The quantitative estimate of drug-likeness (QED) is 0.453. The molecule has 2 N–H and O–H groups in total. The number of carbonyl (C=O) groups is 2. The van der Waals surface area contributed by atoms with Crippen LogP contribution in [-0.2, 0) is 19.2 Å². The maximum absolute atomic E-state index is 11.5. The van der Waals surface area contributed by atoms with Crippen LogP contribution in [0.15, 0.2) is 30.3 Å². The molecule has 104 valence electrons. The summed E-state index contributed by atoms with van der Waals surface area (Å²) in [7, 11) is 0. The molecular formula is C13H17NO5. The van der Waals surface area contributed by atoms with Gasteiger partial charge in [0.2, 0.25) is 0 Å². The van der Waals surface area contributed by atoms with Crippen LogP contribution < -0.4 is 10.6 Å². The van der Waals surface area contributed by atoms with E-state index in [0.717, 1.165) is 0 Å². The van der Waals surface area contributed by atoms with Gasteiger partial charge in [-0.3, -0.25) is 9.68 Å². The fourth-order valence-electron chi connectivity index (χ4n) is 1.25. The van der Waals surface area contributed by atoms with Gasteiger partial charge in [0.25, 0.3) is 0 Å². The van der Waals surface area contributed by atoms with Crippen LogP contribution in [0, 0.1) is 0 Å². The molecule has 1 atom stereocenters. The Bertz CT molecular complexity index is 407. The summed E-state index contributed by atoms with van der Waals surface area (Å²) in [5, 5.41) is 0. The summed E-state index contributed by atoms with van der Waals surface area (Å²) >= 11 is 0. The van der Waals surface area contributed by atoms with Gasteiger partial charge in [0.15, 0.2) is 5.75 Å². The van der Waals surface area contributed by atoms with E-state index in [1.807, 2.05) is 0 Å². The van der Waals surface area contributed by atoms with Crippen LogP contribution in [0.25, 0.3) is 0 Å². The molecule has 0 bridgehead atoms. The third-order valence-corrected chi connectivity index (χ3v) is 2.23. The van der Waals surface area contributed by atoms with Crippen LogP contribution in [0.4, 0.5) is 0 Å². The molecule has 0 saturated carbocycles. The van der Waals surface area contributed by atoms with Crippen molar-refractivity contribution < 1.29 is 24.1 Å². The first-order valence-electron chi connectivity index (χ1n) is 5.98. The van der Waals surface area contributed by atoms with Gasteiger partial charge < -0.3 is 10.5 Å². The molecule has 0 amide bonds. The van der Waals surface area contributed by atoms with E-state index < -0.39 is 18.0 Å². The van der Waals surface area contributed by atoms with E-state index in [0.29, 0.717) is 12.4 Å². The lowest BCUT2D eigenvalue weighted by Crippen LogP contribution is -2.33. The summed E-state index contributed by atoms with van der Waals surface area (Å²) in [6.07, 6.45) is 0.214. The third kappa shape index (κ3) is 5.87. The Balaban J connectivity index is 2.27. The Morgan fingerprint density at radius 2 is 1.95 bits per heavy atom. The second-order valence-corrected chi connectivity index (χ2v) is 3.75. The largest absolute Gasteiger partial charge is 0.466 e. The van der Waals surface area contributed by atoms with Crippen LogP contribution in [-0.4, -0.2) is 24.6 Å². The van der Waals surface area contributed by atoms with Gasteiger partial charge in [-0.1, -0.05) is 18.2 Å². The van der Waals surface area contributed by atoms with Crippen molar-refractivity contribution in [2.75, 3.05) is 6.61 Å². The summed E-state index contributed by atoms with van der Waals surface area (Å²) in [4.78, 5) is 31.9. The average Bonchev–Trinajstić information content (AvgIpc) is 2.43. The second kappa shape index (κ2) is 8.10. The molecule has 0 aliphatic rings. The van der Waals surface area contributed by atoms with Crippen molar-refractivity contribution in [3.63, 3.8) is 0 Å². The predicted octanol–water partition coefficient (Wildman–Crippen LogP) is 1.19. The van der Waals surface area contributed by atoms with Crippen molar-refractivity contribution in [3.8, 4) is 5.75 Å². The zero-order chi connectivity index (χ0) is 14.1. The first kappa shape index (κ1) is 15.0. The molecule has 0 saturated heterocycles. The van der Waals surface area contributed by atoms with Crippen LogP contribution in [0.3, 0.4) is 0 Å². The maximum atomic E-state index is 11.5. The number of rotatable bonds is 7. The van der Waals surface area contributed by atoms with E-state index in [2.05, 4.69) is 4.89 Å².